The smallest absolute Gasteiger partial charge is 0.270 e. The molecule has 3 nitrogen and oxygen atoms in total. The number of pyridine rings is 1. The fourth-order valence-corrected chi connectivity index (χ4v) is 2.90. The first-order valence-corrected chi connectivity index (χ1v) is 8.37. The zero-order chi connectivity index (χ0) is 17.1. The molecule has 0 saturated heterocycles. The number of para-hydroxylation sites is 1. The average molecular weight is 318 g/mol. The van der Waals surface area contributed by atoms with Crippen LogP contribution in [0.5, 0.6) is 0 Å². The number of fused-ring (bicyclic) bond motifs is 1. The average Bonchev–Trinajstić information content (AvgIpc) is 2.61. The lowest BCUT2D eigenvalue weighted by molar-refractivity contribution is 0.0934. The van der Waals surface area contributed by atoms with Crippen LogP contribution < -0.4 is 5.32 Å². The lowest BCUT2D eigenvalue weighted by Gasteiger charge is -2.16. The van der Waals surface area contributed by atoms with Crippen molar-refractivity contribution in [1.29, 1.82) is 0 Å². The van der Waals surface area contributed by atoms with Crippen molar-refractivity contribution in [3.05, 3.63) is 65.9 Å². The number of amides is 1. The zero-order valence-corrected chi connectivity index (χ0v) is 14.3. The van der Waals surface area contributed by atoms with Gasteiger partial charge in [0.1, 0.15) is 5.69 Å². The monoisotopic (exact) mass is 318 g/mol. The van der Waals surface area contributed by atoms with E-state index in [1.165, 1.54) is 0 Å². The normalized spacial score (nSPS) is 12.1. The fraction of sp³-hybridized carbons (Fsp3) is 0.238. The van der Waals surface area contributed by atoms with Crippen molar-refractivity contribution in [2.24, 2.45) is 0 Å². The molecule has 0 spiro atoms. The van der Waals surface area contributed by atoms with Gasteiger partial charge >= 0.3 is 0 Å². The van der Waals surface area contributed by atoms with Crippen LogP contribution in [0.1, 0.15) is 36.3 Å². The second kappa shape index (κ2) is 6.83. The highest BCUT2D eigenvalue weighted by Gasteiger charge is 2.19. The molecule has 1 atom stereocenters. The van der Waals surface area contributed by atoms with Crippen LogP contribution in [0.15, 0.2) is 54.6 Å². The summed E-state index contributed by atoms with van der Waals surface area (Å²) in [6, 6.07) is 18.3. The van der Waals surface area contributed by atoms with Gasteiger partial charge in [-0.1, -0.05) is 55.5 Å². The first kappa shape index (κ1) is 16.2. The molecule has 24 heavy (non-hydrogen) atoms. The van der Waals surface area contributed by atoms with Crippen molar-refractivity contribution in [1.82, 2.24) is 10.3 Å². The third kappa shape index (κ3) is 3.02. The molecule has 1 heterocycles. The van der Waals surface area contributed by atoms with Crippen LogP contribution in [0.3, 0.4) is 0 Å². The van der Waals surface area contributed by atoms with Gasteiger partial charge in [-0.25, -0.2) is 4.98 Å². The predicted octanol–water partition coefficient (Wildman–Crippen LogP) is 4.74. The molecule has 3 rings (SSSR count). The Morgan fingerprint density at radius 2 is 1.75 bits per heavy atom. The van der Waals surface area contributed by atoms with Crippen molar-refractivity contribution < 1.29 is 4.79 Å². The van der Waals surface area contributed by atoms with Crippen LogP contribution in [-0.4, -0.2) is 16.9 Å². The number of hydrogen-bond acceptors (Lipinski definition) is 2. The summed E-state index contributed by atoms with van der Waals surface area (Å²) in [4.78, 5) is 17.3. The van der Waals surface area contributed by atoms with E-state index in [0.29, 0.717) is 5.69 Å². The number of benzene rings is 2. The third-order valence-corrected chi connectivity index (χ3v) is 4.40. The highest BCUT2D eigenvalue weighted by atomic mass is 16.1. The molecule has 2 aromatic carbocycles. The molecule has 0 fully saturated rings. The number of carbonyl (C=O) groups excluding carboxylic acids is 1. The second-order valence-electron chi connectivity index (χ2n) is 6.13. The van der Waals surface area contributed by atoms with Crippen molar-refractivity contribution in [3.63, 3.8) is 0 Å². The molecule has 1 aromatic heterocycles. The minimum Gasteiger partial charge on any atom is -0.348 e. The molecule has 0 bridgehead atoms. The van der Waals surface area contributed by atoms with E-state index >= 15 is 0 Å². The molecule has 3 heteroatoms. The molecule has 0 radical (unpaired) electrons. The molecule has 1 amide bonds. The summed E-state index contributed by atoms with van der Waals surface area (Å²) in [5, 5.41) is 4.10. The maximum absolute atomic E-state index is 12.7. The highest BCUT2D eigenvalue weighted by molar-refractivity contribution is 6.03. The largest absolute Gasteiger partial charge is 0.348 e. The lowest BCUT2D eigenvalue weighted by Crippen LogP contribution is -2.33. The fourth-order valence-electron chi connectivity index (χ4n) is 2.90. The molecule has 0 aliphatic heterocycles. The Morgan fingerprint density at radius 3 is 2.46 bits per heavy atom. The zero-order valence-electron chi connectivity index (χ0n) is 14.3. The first-order chi connectivity index (χ1) is 11.6. The van der Waals surface area contributed by atoms with E-state index < -0.39 is 0 Å². The van der Waals surface area contributed by atoms with Crippen LogP contribution in [0.4, 0.5) is 0 Å². The number of nitrogens with one attached hydrogen (secondary N) is 1. The second-order valence-corrected chi connectivity index (χ2v) is 6.13. The summed E-state index contributed by atoms with van der Waals surface area (Å²) >= 11 is 0. The van der Waals surface area contributed by atoms with Gasteiger partial charge in [0.15, 0.2) is 0 Å². The maximum Gasteiger partial charge on any atom is 0.270 e. The molecule has 0 aliphatic rings. The van der Waals surface area contributed by atoms with Gasteiger partial charge in [-0.15, -0.1) is 0 Å². The standard InChI is InChI=1S/C21H22N2O/c1-4-14(2)22-21(24)20-15(3)19(16-10-6-5-7-11-16)17-12-8-9-13-18(17)23-20/h5-14H,4H2,1-3H3,(H,22,24)/t14-/m1/s1. The van der Waals surface area contributed by atoms with Gasteiger partial charge in [0, 0.05) is 11.4 Å². The van der Waals surface area contributed by atoms with E-state index in [1.54, 1.807) is 0 Å². The minimum absolute atomic E-state index is 0.107. The number of carbonyl (C=O) groups is 1. The molecular weight excluding hydrogens is 296 g/mol. The summed E-state index contributed by atoms with van der Waals surface area (Å²) in [5.74, 6) is -0.107. The van der Waals surface area contributed by atoms with Gasteiger partial charge in [-0.05, 0) is 43.0 Å². The number of hydrogen-bond donors (Lipinski definition) is 1. The van der Waals surface area contributed by atoms with E-state index in [4.69, 9.17) is 0 Å². The van der Waals surface area contributed by atoms with Crippen molar-refractivity contribution in [3.8, 4) is 11.1 Å². The quantitative estimate of drug-likeness (QED) is 0.755. The Hall–Kier alpha value is -2.68. The third-order valence-electron chi connectivity index (χ3n) is 4.40. The van der Waals surface area contributed by atoms with Crippen molar-refractivity contribution in [2.45, 2.75) is 33.2 Å². The van der Waals surface area contributed by atoms with E-state index in [1.807, 2.05) is 50.2 Å². The summed E-state index contributed by atoms with van der Waals surface area (Å²) in [5.41, 5.74) is 4.45. The van der Waals surface area contributed by atoms with Gasteiger partial charge in [-0.2, -0.15) is 0 Å². The van der Waals surface area contributed by atoms with Gasteiger partial charge in [0.2, 0.25) is 0 Å². The highest BCUT2D eigenvalue weighted by Crippen LogP contribution is 2.32. The predicted molar refractivity (Wildman–Crippen MR) is 99.1 cm³/mol. The first-order valence-electron chi connectivity index (χ1n) is 8.37. The molecular formula is C21H22N2O. The number of rotatable bonds is 4. The molecule has 0 saturated carbocycles. The minimum atomic E-state index is -0.107. The lowest BCUT2D eigenvalue weighted by atomic mass is 9.94. The number of aromatic nitrogens is 1. The maximum atomic E-state index is 12.7. The van der Waals surface area contributed by atoms with Crippen LogP contribution in [0, 0.1) is 6.92 Å². The van der Waals surface area contributed by atoms with Crippen LogP contribution in [-0.2, 0) is 0 Å². The molecule has 0 aliphatic carbocycles. The molecule has 0 unspecified atom stereocenters. The van der Waals surface area contributed by atoms with E-state index in [0.717, 1.165) is 34.0 Å². The Bertz CT molecular complexity index is 872. The Balaban J connectivity index is 2.22. The molecule has 3 aromatic rings. The Labute approximate surface area is 142 Å². The molecule has 122 valence electrons. The van der Waals surface area contributed by atoms with Crippen LogP contribution in [0.2, 0.25) is 0 Å². The Morgan fingerprint density at radius 1 is 1.08 bits per heavy atom. The van der Waals surface area contributed by atoms with E-state index in [-0.39, 0.29) is 11.9 Å². The summed E-state index contributed by atoms with van der Waals surface area (Å²) in [6.07, 6.45) is 0.893. The summed E-state index contributed by atoms with van der Waals surface area (Å²) in [7, 11) is 0. The number of nitrogens with zero attached hydrogens (tertiary/aromatic N) is 1. The Kier molecular flexibility index (Phi) is 4.61. The van der Waals surface area contributed by atoms with Crippen LogP contribution in [0.25, 0.3) is 22.0 Å². The topological polar surface area (TPSA) is 42.0 Å². The van der Waals surface area contributed by atoms with Gasteiger partial charge < -0.3 is 5.32 Å². The van der Waals surface area contributed by atoms with E-state index in [2.05, 4.69) is 35.4 Å². The summed E-state index contributed by atoms with van der Waals surface area (Å²) in [6.45, 7) is 6.04. The van der Waals surface area contributed by atoms with Gasteiger partial charge in [0.25, 0.3) is 5.91 Å². The molecule has 1 N–H and O–H groups in total. The van der Waals surface area contributed by atoms with Crippen molar-refractivity contribution in [2.75, 3.05) is 0 Å². The SMILES string of the molecule is CC[C@@H](C)NC(=O)c1nc2ccccc2c(-c2ccccc2)c1C. The van der Waals surface area contributed by atoms with Gasteiger partial charge in [-0.3, -0.25) is 4.79 Å². The van der Waals surface area contributed by atoms with Crippen LogP contribution >= 0.6 is 0 Å². The van der Waals surface area contributed by atoms with E-state index in [9.17, 15) is 4.79 Å². The summed E-state index contributed by atoms with van der Waals surface area (Å²) < 4.78 is 0. The van der Waals surface area contributed by atoms with Crippen molar-refractivity contribution >= 4 is 16.8 Å². The van der Waals surface area contributed by atoms with Gasteiger partial charge in [0.05, 0.1) is 5.52 Å².